The summed E-state index contributed by atoms with van der Waals surface area (Å²) in [5.74, 6) is 6.33. The van der Waals surface area contributed by atoms with E-state index >= 15 is 0 Å². The number of morpholine rings is 1. The number of nitrogens with two attached hydrogens (primary N) is 1. The minimum atomic E-state index is -0.0685. The van der Waals surface area contributed by atoms with Gasteiger partial charge >= 0.3 is 0 Å². The van der Waals surface area contributed by atoms with Crippen LogP contribution in [0.5, 0.6) is 0 Å². The van der Waals surface area contributed by atoms with Gasteiger partial charge in [0.25, 0.3) is 0 Å². The van der Waals surface area contributed by atoms with E-state index in [0.29, 0.717) is 19.7 Å². The molecule has 1 fully saturated rings. The first-order valence-corrected chi connectivity index (χ1v) is 11.9. The molecule has 4 N–H and O–H groups in total. The van der Waals surface area contributed by atoms with Gasteiger partial charge in [-0.05, 0) is 35.6 Å². The molecule has 4 rings (SSSR count). The number of carbonyl (C=O) groups is 1. The van der Waals surface area contributed by atoms with Crippen LogP contribution in [0, 0.1) is 12.3 Å². The zero-order chi connectivity index (χ0) is 25.3. The molecule has 1 atom stereocenters. The number of H-pyrrole nitrogens is 1. The van der Waals surface area contributed by atoms with Crippen LogP contribution in [0.3, 0.4) is 0 Å². The number of hydrogen-bond acceptors (Lipinski definition) is 6. The highest BCUT2D eigenvalue weighted by molar-refractivity contribution is 5.77. The number of hydrogen-bond donors (Lipinski definition) is 3. The van der Waals surface area contributed by atoms with Crippen molar-refractivity contribution in [3.05, 3.63) is 58.7 Å². The van der Waals surface area contributed by atoms with Crippen LogP contribution in [0.4, 0.5) is 0 Å². The number of amides is 1. The van der Waals surface area contributed by atoms with Gasteiger partial charge in [0.15, 0.2) is 0 Å². The Morgan fingerprint density at radius 1 is 1.29 bits per heavy atom. The van der Waals surface area contributed by atoms with E-state index in [-0.39, 0.29) is 23.4 Å². The molecule has 1 saturated heterocycles. The van der Waals surface area contributed by atoms with Crippen molar-refractivity contribution in [1.82, 2.24) is 24.7 Å². The molecule has 1 aliphatic heterocycles. The second-order valence-corrected chi connectivity index (χ2v) is 9.69. The minimum Gasteiger partial charge on any atom is -0.371 e. The molecule has 3 heterocycles. The largest absolute Gasteiger partial charge is 0.371 e. The van der Waals surface area contributed by atoms with Crippen molar-refractivity contribution in [3.8, 4) is 22.5 Å². The third-order valence-corrected chi connectivity index (χ3v) is 6.52. The van der Waals surface area contributed by atoms with Crippen LogP contribution < -0.4 is 11.3 Å². The molecule has 0 radical (unpaired) electrons. The van der Waals surface area contributed by atoms with E-state index in [1.54, 1.807) is 25.2 Å². The summed E-state index contributed by atoms with van der Waals surface area (Å²) in [7, 11) is 3.56. The fraction of sp³-hybridized carbons (Fsp3) is 0.423. The normalized spacial score (nSPS) is 16.6. The molecule has 0 bridgehead atoms. The molecular formula is C26H35N7O2. The van der Waals surface area contributed by atoms with Crippen molar-refractivity contribution in [2.24, 2.45) is 0 Å². The predicted octanol–water partition coefficient (Wildman–Crippen LogP) is 2.63. The van der Waals surface area contributed by atoms with E-state index < -0.39 is 0 Å². The smallest absolute Gasteiger partial charge is 0.236 e. The van der Waals surface area contributed by atoms with Crippen molar-refractivity contribution >= 4 is 5.91 Å². The molecule has 0 saturated carbocycles. The highest BCUT2D eigenvalue weighted by atomic mass is 16.5. The van der Waals surface area contributed by atoms with Crippen LogP contribution in [-0.4, -0.2) is 70.9 Å². The third-order valence-electron chi connectivity index (χ3n) is 6.52. The van der Waals surface area contributed by atoms with Gasteiger partial charge in [-0.25, -0.2) is 0 Å². The van der Waals surface area contributed by atoms with Crippen LogP contribution in [-0.2, 0) is 9.53 Å². The van der Waals surface area contributed by atoms with E-state index in [1.165, 1.54) is 4.68 Å². The van der Waals surface area contributed by atoms with Crippen molar-refractivity contribution < 1.29 is 9.53 Å². The Hall–Kier alpha value is -3.43. The zero-order valence-corrected chi connectivity index (χ0v) is 21.1. The first-order valence-electron chi connectivity index (χ1n) is 11.9. The Bertz CT molecular complexity index is 1230. The molecule has 35 heavy (non-hydrogen) atoms. The number of ether oxygens (including phenoxy) is 1. The molecule has 3 aromatic rings. The summed E-state index contributed by atoms with van der Waals surface area (Å²) in [5, 5.41) is 15.9. The minimum absolute atomic E-state index is 0.0685. The third kappa shape index (κ3) is 5.16. The summed E-state index contributed by atoms with van der Waals surface area (Å²) in [5.41, 5.74) is 7.01. The van der Waals surface area contributed by atoms with Crippen LogP contribution in [0.1, 0.15) is 42.6 Å². The molecule has 1 amide bonds. The van der Waals surface area contributed by atoms with Crippen molar-refractivity contribution in [2.75, 3.05) is 46.2 Å². The van der Waals surface area contributed by atoms with E-state index in [0.717, 1.165) is 45.7 Å². The maximum Gasteiger partial charge on any atom is 0.236 e. The lowest BCUT2D eigenvalue weighted by Gasteiger charge is -2.33. The first-order chi connectivity index (χ1) is 16.7. The summed E-state index contributed by atoms with van der Waals surface area (Å²) in [4.78, 5) is 15.9. The molecule has 9 heteroatoms. The average molecular weight is 478 g/mol. The lowest BCUT2D eigenvalue weighted by molar-refractivity contribution is -0.132. The van der Waals surface area contributed by atoms with E-state index in [9.17, 15) is 4.79 Å². The molecule has 0 aliphatic carbocycles. The van der Waals surface area contributed by atoms with Gasteiger partial charge in [0.1, 0.15) is 5.49 Å². The number of rotatable bonds is 6. The number of nitrogen functional groups attached to an aromatic ring is 1. The van der Waals surface area contributed by atoms with Gasteiger partial charge in [-0.1, -0.05) is 38.1 Å². The Labute approximate surface area is 206 Å². The number of nitrogens with one attached hydrogen (secondary N) is 2. The SMILES string of the molecule is Cc1cc(-c2n[nH]c(-c3ccc(C4CN(CC(=O)N(C)C)CCO4)cc3)c2C(C)C)cn(N)c1=N. The maximum absolute atomic E-state index is 12.1. The number of nitrogens with zero attached hydrogens (tertiary/aromatic N) is 4. The Morgan fingerprint density at radius 3 is 2.63 bits per heavy atom. The van der Waals surface area contributed by atoms with Crippen LogP contribution in [0.25, 0.3) is 22.5 Å². The second-order valence-electron chi connectivity index (χ2n) is 9.69. The van der Waals surface area contributed by atoms with Crippen LogP contribution in [0.2, 0.25) is 0 Å². The average Bonchev–Trinajstić information content (AvgIpc) is 3.28. The van der Waals surface area contributed by atoms with Gasteiger partial charge in [-0.2, -0.15) is 5.10 Å². The molecule has 2 aromatic heterocycles. The number of likely N-dealkylation sites (N-methyl/N-ethyl adjacent to an activating group) is 1. The number of pyridine rings is 1. The fourth-order valence-electron chi connectivity index (χ4n) is 4.48. The topological polar surface area (TPSA) is 116 Å². The predicted molar refractivity (Wildman–Crippen MR) is 136 cm³/mol. The van der Waals surface area contributed by atoms with Crippen LogP contribution >= 0.6 is 0 Å². The van der Waals surface area contributed by atoms with Crippen LogP contribution in [0.15, 0.2) is 36.5 Å². The van der Waals surface area contributed by atoms with Gasteiger partial charge in [0.05, 0.1) is 30.6 Å². The lowest BCUT2D eigenvalue weighted by atomic mass is 9.93. The van der Waals surface area contributed by atoms with Gasteiger partial charge in [0, 0.05) is 44.5 Å². The Morgan fingerprint density at radius 2 is 2.00 bits per heavy atom. The maximum atomic E-state index is 12.1. The number of aromatic amines is 1. The van der Waals surface area contributed by atoms with E-state index in [2.05, 4.69) is 53.2 Å². The summed E-state index contributed by atoms with van der Waals surface area (Å²) in [6.45, 7) is 8.62. The van der Waals surface area contributed by atoms with E-state index in [4.69, 9.17) is 16.0 Å². The molecule has 9 nitrogen and oxygen atoms in total. The van der Waals surface area contributed by atoms with E-state index in [1.807, 2.05) is 13.0 Å². The summed E-state index contributed by atoms with van der Waals surface area (Å²) >= 11 is 0. The monoisotopic (exact) mass is 477 g/mol. The molecule has 186 valence electrons. The highest BCUT2D eigenvalue weighted by Crippen LogP contribution is 2.36. The molecule has 0 spiro atoms. The number of benzene rings is 1. The quantitative estimate of drug-likeness (QED) is 0.472. The van der Waals surface area contributed by atoms with Gasteiger partial charge in [0.2, 0.25) is 5.91 Å². The van der Waals surface area contributed by atoms with Gasteiger partial charge in [-0.15, -0.1) is 0 Å². The standard InChI is InChI=1S/C26H35N7O2/c1-16(2)23-24(29-30-25(23)20-12-17(3)26(27)33(28)13-20)19-8-6-18(7-9-19)21-14-32(10-11-35-21)15-22(34)31(4)5/h6-9,12-13,16,21,27H,10-11,14-15,28H2,1-5H3,(H,29,30). The van der Waals surface area contributed by atoms with Crippen molar-refractivity contribution in [1.29, 1.82) is 5.41 Å². The number of carbonyl (C=O) groups excluding carboxylic acids is 1. The lowest BCUT2D eigenvalue weighted by Crippen LogP contribution is -2.43. The number of aromatic nitrogens is 3. The van der Waals surface area contributed by atoms with Gasteiger partial charge < -0.3 is 15.5 Å². The zero-order valence-electron chi connectivity index (χ0n) is 21.1. The fourth-order valence-corrected chi connectivity index (χ4v) is 4.48. The molecule has 1 aromatic carbocycles. The Kier molecular flexibility index (Phi) is 7.09. The van der Waals surface area contributed by atoms with Crippen molar-refractivity contribution in [2.45, 2.75) is 32.8 Å². The highest BCUT2D eigenvalue weighted by Gasteiger charge is 2.25. The molecule has 1 aliphatic rings. The molecule has 1 unspecified atom stereocenters. The number of aryl methyl sites for hydroxylation is 1. The summed E-state index contributed by atoms with van der Waals surface area (Å²) in [6.07, 6.45) is 1.68. The summed E-state index contributed by atoms with van der Waals surface area (Å²) in [6, 6.07) is 10.3. The Balaban J connectivity index is 1.59. The molecular weight excluding hydrogens is 442 g/mol. The van der Waals surface area contributed by atoms with Crippen molar-refractivity contribution in [3.63, 3.8) is 0 Å². The first kappa shape index (κ1) is 24.7. The summed E-state index contributed by atoms with van der Waals surface area (Å²) < 4.78 is 7.35. The second kappa shape index (κ2) is 10.1. The van der Waals surface area contributed by atoms with Gasteiger partial charge in [-0.3, -0.25) is 24.9 Å².